The van der Waals surface area contributed by atoms with Crippen molar-refractivity contribution in [2.45, 2.75) is 45.4 Å². The van der Waals surface area contributed by atoms with Gasteiger partial charge < -0.3 is 10.4 Å². The summed E-state index contributed by atoms with van der Waals surface area (Å²) >= 11 is 3.55. The fourth-order valence-electron chi connectivity index (χ4n) is 4.07. The first-order valence-electron chi connectivity index (χ1n) is 9.96. The molecule has 0 atom stereocenters. The second-order valence-electron chi connectivity index (χ2n) is 7.85. The van der Waals surface area contributed by atoms with E-state index in [-0.39, 0.29) is 5.91 Å². The highest BCUT2D eigenvalue weighted by atomic mass is 79.9. The highest BCUT2D eigenvalue weighted by Gasteiger charge is 2.39. The lowest BCUT2D eigenvalue weighted by Gasteiger charge is -2.36. The molecular weight excluding hydrogens is 430 g/mol. The van der Waals surface area contributed by atoms with Gasteiger partial charge in [0.25, 0.3) is 0 Å². The number of aliphatic carboxylic acids is 1. The summed E-state index contributed by atoms with van der Waals surface area (Å²) in [6.07, 6.45) is 8.40. The van der Waals surface area contributed by atoms with Gasteiger partial charge in [-0.15, -0.1) is 0 Å². The molecule has 0 aromatic heterocycles. The van der Waals surface area contributed by atoms with Crippen LogP contribution in [0.15, 0.2) is 53.0 Å². The molecule has 1 amide bonds. The fourth-order valence-corrected chi connectivity index (χ4v) is 4.32. The van der Waals surface area contributed by atoms with Crippen molar-refractivity contribution >= 4 is 39.6 Å². The first kappa shape index (κ1) is 21.3. The van der Waals surface area contributed by atoms with Gasteiger partial charge in [0.1, 0.15) is 0 Å². The summed E-state index contributed by atoms with van der Waals surface area (Å²) in [6, 6.07) is 13.6. The number of benzene rings is 2. The fraction of sp³-hybridized carbons (Fsp3) is 0.333. The van der Waals surface area contributed by atoms with Gasteiger partial charge in [-0.05, 0) is 67.2 Å². The Morgan fingerprint density at radius 2 is 1.90 bits per heavy atom. The largest absolute Gasteiger partial charge is 0.478 e. The number of aryl methyl sites for hydroxylation is 1. The summed E-state index contributed by atoms with van der Waals surface area (Å²) in [5.74, 6) is -0.942. The number of carboxylic acid groups (broad SMARTS) is 1. The Morgan fingerprint density at radius 1 is 1.14 bits per heavy atom. The van der Waals surface area contributed by atoms with Crippen LogP contribution in [0.2, 0.25) is 0 Å². The number of nitrogens with one attached hydrogen (secondary N) is 1. The van der Waals surface area contributed by atoms with Gasteiger partial charge in [-0.3, -0.25) is 4.79 Å². The molecule has 0 aliphatic heterocycles. The molecule has 0 unspecified atom stereocenters. The third-order valence-electron chi connectivity index (χ3n) is 5.62. The normalized spacial score (nSPS) is 15.9. The number of anilines is 1. The molecule has 29 heavy (non-hydrogen) atoms. The molecule has 0 saturated heterocycles. The van der Waals surface area contributed by atoms with E-state index in [9.17, 15) is 9.59 Å². The van der Waals surface area contributed by atoms with Gasteiger partial charge in [0.2, 0.25) is 5.91 Å². The minimum absolute atomic E-state index is 0.0529. The Labute approximate surface area is 180 Å². The third kappa shape index (κ3) is 5.57. The molecule has 0 spiro atoms. The van der Waals surface area contributed by atoms with Gasteiger partial charge in [0.15, 0.2) is 0 Å². The number of hydrogen-bond acceptors (Lipinski definition) is 2. The van der Waals surface area contributed by atoms with Gasteiger partial charge in [0.05, 0.1) is 5.41 Å². The van der Waals surface area contributed by atoms with Crippen molar-refractivity contribution in [3.8, 4) is 0 Å². The van der Waals surface area contributed by atoms with Crippen molar-refractivity contribution in [3.05, 3.63) is 69.7 Å². The van der Waals surface area contributed by atoms with Crippen LogP contribution >= 0.6 is 15.9 Å². The summed E-state index contributed by atoms with van der Waals surface area (Å²) in [5.41, 5.74) is 3.38. The monoisotopic (exact) mass is 455 g/mol. The number of amides is 1. The van der Waals surface area contributed by atoms with Crippen LogP contribution in [0, 0.1) is 12.3 Å². The second-order valence-corrected chi connectivity index (χ2v) is 8.71. The third-order valence-corrected chi connectivity index (χ3v) is 6.51. The highest BCUT2D eigenvalue weighted by molar-refractivity contribution is 9.10. The Balaban J connectivity index is 1.81. The maximum absolute atomic E-state index is 13.4. The molecular formula is C24H26BrNO3. The lowest BCUT2D eigenvalue weighted by Crippen LogP contribution is -2.40. The van der Waals surface area contributed by atoms with E-state index >= 15 is 0 Å². The van der Waals surface area contributed by atoms with Gasteiger partial charge in [-0.1, -0.05) is 59.5 Å². The van der Waals surface area contributed by atoms with E-state index < -0.39 is 11.4 Å². The minimum Gasteiger partial charge on any atom is -0.478 e. The zero-order valence-corrected chi connectivity index (χ0v) is 18.2. The van der Waals surface area contributed by atoms with Crippen LogP contribution in [-0.4, -0.2) is 17.0 Å². The lowest BCUT2D eigenvalue weighted by molar-refractivity contribution is -0.131. The van der Waals surface area contributed by atoms with Crippen LogP contribution < -0.4 is 5.32 Å². The van der Waals surface area contributed by atoms with E-state index in [0.717, 1.165) is 48.2 Å². The molecule has 2 aromatic carbocycles. The topological polar surface area (TPSA) is 66.4 Å². The van der Waals surface area contributed by atoms with Crippen LogP contribution in [0.5, 0.6) is 0 Å². The maximum Gasteiger partial charge on any atom is 0.328 e. The summed E-state index contributed by atoms with van der Waals surface area (Å²) in [4.78, 5) is 24.1. The molecule has 4 nitrogen and oxygen atoms in total. The van der Waals surface area contributed by atoms with Crippen LogP contribution in [0.4, 0.5) is 5.69 Å². The highest BCUT2D eigenvalue weighted by Crippen LogP contribution is 2.41. The number of carbonyl (C=O) groups excluding carboxylic acids is 1. The number of hydrogen-bond donors (Lipinski definition) is 2. The van der Waals surface area contributed by atoms with Crippen molar-refractivity contribution in [1.29, 1.82) is 0 Å². The Morgan fingerprint density at radius 3 is 2.59 bits per heavy atom. The Kier molecular flexibility index (Phi) is 6.91. The SMILES string of the molecule is Cc1cc(CC2(C(=O)Nc3cccc(/C=C/C(=O)O)c3)CCCCC2)ccc1Br. The smallest absolute Gasteiger partial charge is 0.328 e. The van der Waals surface area contributed by atoms with E-state index in [1.165, 1.54) is 23.6 Å². The summed E-state index contributed by atoms with van der Waals surface area (Å²) in [5, 5.41) is 11.9. The molecule has 2 N–H and O–H groups in total. The van der Waals surface area contributed by atoms with Crippen molar-refractivity contribution in [2.75, 3.05) is 5.32 Å². The van der Waals surface area contributed by atoms with Crippen molar-refractivity contribution in [3.63, 3.8) is 0 Å². The molecule has 2 aromatic rings. The Bertz CT molecular complexity index is 929. The summed E-state index contributed by atoms with van der Waals surface area (Å²) < 4.78 is 1.08. The van der Waals surface area contributed by atoms with Crippen molar-refractivity contribution in [1.82, 2.24) is 0 Å². The summed E-state index contributed by atoms with van der Waals surface area (Å²) in [6.45, 7) is 2.07. The molecule has 5 heteroatoms. The van der Waals surface area contributed by atoms with E-state index in [4.69, 9.17) is 5.11 Å². The predicted octanol–water partition coefficient (Wildman–Crippen LogP) is 5.99. The van der Waals surface area contributed by atoms with E-state index in [0.29, 0.717) is 5.69 Å². The standard InChI is InChI=1S/C24H26BrNO3/c1-17-14-19(8-10-21(17)25)16-24(12-3-2-4-13-24)23(29)26-20-7-5-6-18(15-20)9-11-22(27)28/h5-11,14-15H,2-4,12-13,16H2,1H3,(H,26,29)(H,27,28)/b11-9+. The maximum atomic E-state index is 13.4. The van der Waals surface area contributed by atoms with Crippen molar-refractivity contribution < 1.29 is 14.7 Å². The number of carboxylic acids is 1. The first-order chi connectivity index (χ1) is 13.9. The van der Waals surface area contributed by atoms with Gasteiger partial charge in [-0.25, -0.2) is 4.79 Å². The Hall–Kier alpha value is -2.40. The van der Waals surface area contributed by atoms with Crippen LogP contribution in [0.3, 0.4) is 0 Å². The van der Waals surface area contributed by atoms with Gasteiger partial charge in [-0.2, -0.15) is 0 Å². The molecule has 0 bridgehead atoms. The van der Waals surface area contributed by atoms with E-state index in [1.807, 2.05) is 18.2 Å². The molecule has 1 aliphatic rings. The quantitative estimate of drug-likeness (QED) is 0.525. The molecule has 0 heterocycles. The molecule has 1 aliphatic carbocycles. The van der Waals surface area contributed by atoms with Crippen molar-refractivity contribution in [2.24, 2.45) is 5.41 Å². The van der Waals surface area contributed by atoms with Gasteiger partial charge >= 0.3 is 5.97 Å². The second kappa shape index (κ2) is 9.40. The molecule has 1 fully saturated rings. The molecule has 1 saturated carbocycles. The zero-order chi connectivity index (χ0) is 20.9. The average Bonchev–Trinajstić information content (AvgIpc) is 2.70. The van der Waals surface area contributed by atoms with Crippen LogP contribution in [0.25, 0.3) is 6.08 Å². The molecule has 0 radical (unpaired) electrons. The predicted molar refractivity (Wildman–Crippen MR) is 120 cm³/mol. The number of rotatable bonds is 6. The van der Waals surface area contributed by atoms with E-state index in [1.54, 1.807) is 6.07 Å². The summed E-state index contributed by atoms with van der Waals surface area (Å²) in [7, 11) is 0. The van der Waals surface area contributed by atoms with Gasteiger partial charge in [0, 0.05) is 16.2 Å². The lowest BCUT2D eigenvalue weighted by atomic mass is 9.69. The van der Waals surface area contributed by atoms with Crippen LogP contribution in [0.1, 0.15) is 48.8 Å². The first-order valence-corrected chi connectivity index (χ1v) is 10.7. The number of halogens is 1. The minimum atomic E-state index is -0.995. The molecule has 152 valence electrons. The molecule has 3 rings (SSSR count). The zero-order valence-electron chi connectivity index (χ0n) is 16.6. The van der Waals surface area contributed by atoms with E-state index in [2.05, 4.69) is 46.4 Å². The number of carbonyl (C=O) groups is 2. The average molecular weight is 456 g/mol. The van der Waals surface area contributed by atoms with Crippen LogP contribution in [-0.2, 0) is 16.0 Å².